The molecule has 1 aromatic heterocycles. The van der Waals surface area contributed by atoms with Crippen LogP contribution < -0.4 is 10.1 Å². The summed E-state index contributed by atoms with van der Waals surface area (Å²) in [6.07, 6.45) is 5.07. The topological polar surface area (TPSA) is 79.6 Å². The number of nitrogens with one attached hydrogen (secondary N) is 1. The largest absolute Gasteiger partial charge is 0.488 e. The second kappa shape index (κ2) is 7.70. The summed E-state index contributed by atoms with van der Waals surface area (Å²) in [4.78, 5) is 14.9. The standard InChI is InChI=1S/C20H26N4O3/c1-23-13-14(12-21-23)20(26)22-16-11-17(27-15-7-3-2-4-8-15)19(25)18(16)24-9-5-6-10-24/h2-4,7-8,12-13,16-19,25H,5-6,9-11H2,1H3,(H,22,26)/t16-,17-,18+,19+/m1/s1. The number of aliphatic hydroxyl groups excluding tert-OH is 1. The lowest BCUT2D eigenvalue weighted by atomic mass is 10.1. The summed E-state index contributed by atoms with van der Waals surface area (Å²) >= 11 is 0. The highest BCUT2D eigenvalue weighted by Crippen LogP contribution is 2.31. The summed E-state index contributed by atoms with van der Waals surface area (Å²) < 4.78 is 7.66. The van der Waals surface area contributed by atoms with Gasteiger partial charge in [-0.2, -0.15) is 5.10 Å². The molecule has 1 aromatic carbocycles. The Morgan fingerprint density at radius 1 is 1.26 bits per heavy atom. The molecule has 1 saturated carbocycles. The number of benzene rings is 1. The van der Waals surface area contributed by atoms with E-state index in [9.17, 15) is 9.90 Å². The number of aryl methyl sites for hydroxylation is 1. The quantitative estimate of drug-likeness (QED) is 0.827. The zero-order valence-electron chi connectivity index (χ0n) is 15.5. The SMILES string of the molecule is Cn1cc(C(=O)N[C@@H]2C[C@@H](Oc3ccccc3)[C@H](O)[C@H]2N2CCCC2)cn1. The fourth-order valence-electron chi connectivity index (χ4n) is 4.22. The molecule has 27 heavy (non-hydrogen) atoms. The highest BCUT2D eigenvalue weighted by molar-refractivity contribution is 5.94. The Morgan fingerprint density at radius 2 is 2.00 bits per heavy atom. The molecule has 1 amide bonds. The van der Waals surface area contributed by atoms with Crippen LogP contribution in [-0.2, 0) is 7.05 Å². The van der Waals surface area contributed by atoms with E-state index < -0.39 is 6.10 Å². The van der Waals surface area contributed by atoms with E-state index in [0.717, 1.165) is 31.7 Å². The first-order valence-electron chi connectivity index (χ1n) is 9.55. The van der Waals surface area contributed by atoms with Crippen LogP contribution in [0.1, 0.15) is 29.6 Å². The van der Waals surface area contributed by atoms with Crippen LogP contribution in [0.15, 0.2) is 42.7 Å². The molecule has 2 aliphatic rings. The van der Waals surface area contributed by atoms with Gasteiger partial charge in [-0.05, 0) is 38.1 Å². The smallest absolute Gasteiger partial charge is 0.254 e. The van der Waals surface area contributed by atoms with Crippen molar-refractivity contribution in [2.45, 2.75) is 43.6 Å². The van der Waals surface area contributed by atoms with Crippen molar-refractivity contribution in [2.24, 2.45) is 7.05 Å². The van der Waals surface area contributed by atoms with Crippen molar-refractivity contribution < 1.29 is 14.6 Å². The number of para-hydroxylation sites is 1. The molecule has 0 spiro atoms. The molecule has 0 bridgehead atoms. The molecule has 7 heteroatoms. The zero-order chi connectivity index (χ0) is 18.8. The van der Waals surface area contributed by atoms with Crippen molar-refractivity contribution in [1.29, 1.82) is 0 Å². The monoisotopic (exact) mass is 370 g/mol. The molecule has 144 valence electrons. The van der Waals surface area contributed by atoms with Crippen molar-refractivity contribution in [3.05, 3.63) is 48.3 Å². The fourth-order valence-corrected chi connectivity index (χ4v) is 4.22. The number of rotatable bonds is 5. The van der Waals surface area contributed by atoms with Crippen LogP contribution in [0.3, 0.4) is 0 Å². The molecule has 0 unspecified atom stereocenters. The van der Waals surface area contributed by atoms with Gasteiger partial charge in [0.05, 0.1) is 23.8 Å². The predicted octanol–water partition coefficient (Wildman–Crippen LogP) is 1.20. The van der Waals surface area contributed by atoms with E-state index in [1.165, 1.54) is 0 Å². The van der Waals surface area contributed by atoms with E-state index in [4.69, 9.17) is 4.74 Å². The zero-order valence-corrected chi connectivity index (χ0v) is 15.5. The molecule has 1 saturated heterocycles. The molecule has 4 atom stereocenters. The van der Waals surface area contributed by atoms with Gasteiger partial charge in [-0.15, -0.1) is 0 Å². The third-order valence-corrected chi connectivity index (χ3v) is 5.51. The van der Waals surface area contributed by atoms with Gasteiger partial charge in [0.15, 0.2) is 0 Å². The molecule has 2 fully saturated rings. The van der Waals surface area contributed by atoms with Crippen LogP contribution in [0.2, 0.25) is 0 Å². The lowest BCUT2D eigenvalue weighted by Crippen LogP contribution is -2.52. The summed E-state index contributed by atoms with van der Waals surface area (Å²) in [6, 6.07) is 9.23. The maximum atomic E-state index is 12.6. The van der Waals surface area contributed by atoms with Gasteiger partial charge in [-0.25, -0.2) is 0 Å². The number of hydrogen-bond acceptors (Lipinski definition) is 5. The molecule has 2 heterocycles. The molecule has 7 nitrogen and oxygen atoms in total. The third kappa shape index (κ3) is 3.84. The first-order valence-corrected chi connectivity index (χ1v) is 9.55. The summed E-state index contributed by atoms with van der Waals surface area (Å²) in [5, 5.41) is 18.2. The first kappa shape index (κ1) is 18.0. The number of ether oxygens (including phenoxy) is 1. The van der Waals surface area contributed by atoms with Gasteiger partial charge < -0.3 is 15.2 Å². The Balaban J connectivity index is 1.51. The van der Waals surface area contributed by atoms with Gasteiger partial charge >= 0.3 is 0 Å². The maximum absolute atomic E-state index is 12.6. The average Bonchev–Trinajstić information content (AvgIpc) is 3.38. The number of hydrogen-bond donors (Lipinski definition) is 2. The summed E-state index contributed by atoms with van der Waals surface area (Å²) in [6.45, 7) is 1.89. The van der Waals surface area contributed by atoms with Gasteiger partial charge in [-0.1, -0.05) is 18.2 Å². The summed E-state index contributed by atoms with van der Waals surface area (Å²) in [7, 11) is 1.78. The maximum Gasteiger partial charge on any atom is 0.254 e. The van der Waals surface area contributed by atoms with Gasteiger partial charge in [0.25, 0.3) is 5.91 Å². The Hall–Kier alpha value is -2.38. The van der Waals surface area contributed by atoms with E-state index in [-0.39, 0.29) is 24.1 Å². The van der Waals surface area contributed by atoms with Crippen LogP contribution in [0.4, 0.5) is 0 Å². The van der Waals surface area contributed by atoms with E-state index in [0.29, 0.717) is 12.0 Å². The predicted molar refractivity (Wildman–Crippen MR) is 101 cm³/mol. The van der Waals surface area contributed by atoms with Crippen molar-refractivity contribution in [3.63, 3.8) is 0 Å². The molecule has 1 aliphatic heterocycles. The van der Waals surface area contributed by atoms with Gasteiger partial charge in [-0.3, -0.25) is 14.4 Å². The lowest BCUT2D eigenvalue weighted by molar-refractivity contribution is 0.0139. The number of carbonyl (C=O) groups excluding carboxylic acids is 1. The number of aliphatic hydroxyl groups is 1. The Morgan fingerprint density at radius 3 is 2.67 bits per heavy atom. The molecule has 2 aromatic rings. The minimum absolute atomic E-state index is 0.137. The number of likely N-dealkylation sites (tertiary alicyclic amines) is 1. The van der Waals surface area contributed by atoms with Crippen LogP contribution in [0.5, 0.6) is 5.75 Å². The summed E-state index contributed by atoms with van der Waals surface area (Å²) in [5.74, 6) is 0.575. The molecule has 1 aliphatic carbocycles. The Kier molecular flexibility index (Phi) is 5.13. The lowest BCUT2D eigenvalue weighted by Gasteiger charge is -2.31. The third-order valence-electron chi connectivity index (χ3n) is 5.51. The van der Waals surface area contributed by atoms with Crippen LogP contribution in [-0.4, -0.2) is 63.1 Å². The normalized spacial score (nSPS) is 28.4. The molecular weight excluding hydrogens is 344 g/mol. The van der Waals surface area contributed by atoms with Gasteiger partial charge in [0, 0.05) is 19.7 Å². The van der Waals surface area contributed by atoms with Crippen molar-refractivity contribution in [1.82, 2.24) is 20.0 Å². The van der Waals surface area contributed by atoms with E-state index in [2.05, 4.69) is 15.3 Å². The molecule has 0 radical (unpaired) electrons. The highest BCUT2D eigenvalue weighted by atomic mass is 16.5. The second-order valence-electron chi connectivity index (χ2n) is 7.41. The van der Waals surface area contributed by atoms with E-state index >= 15 is 0 Å². The second-order valence-corrected chi connectivity index (χ2v) is 7.41. The van der Waals surface area contributed by atoms with Gasteiger partial charge in [0.1, 0.15) is 18.0 Å². The number of amides is 1. The number of carbonyl (C=O) groups is 1. The van der Waals surface area contributed by atoms with E-state index in [1.807, 2.05) is 30.3 Å². The van der Waals surface area contributed by atoms with E-state index in [1.54, 1.807) is 24.1 Å². The van der Waals surface area contributed by atoms with Crippen LogP contribution in [0, 0.1) is 0 Å². The van der Waals surface area contributed by atoms with Crippen LogP contribution >= 0.6 is 0 Å². The first-order chi connectivity index (χ1) is 13.1. The fraction of sp³-hybridized carbons (Fsp3) is 0.500. The molecular formula is C20H26N4O3. The summed E-state index contributed by atoms with van der Waals surface area (Å²) in [5.41, 5.74) is 0.527. The van der Waals surface area contributed by atoms with Gasteiger partial charge in [0.2, 0.25) is 0 Å². The van der Waals surface area contributed by atoms with Crippen molar-refractivity contribution >= 4 is 5.91 Å². The number of aromatic nitrogens is 2. The van der Waals surface area contributed by atoms with Crippen LogP contribution in [0.25, 0.3) is 0 Å². The minimum atomic E-state index is -0.650. The Labute approximate surface area is 158 Å². The van der Waals surface area contributed by atoms with Crippen molar-refractivity contribution in [3.8, 4) is 5.75 Å². The molecule has 2 N–H and O–H groups in total. The minimum Gasteiger partial charge on any atom is -0.488 e. The van der Waals surface area contributed by atoms with Crippen molar-refractivity contribution in [2.75, 3.05) is 13.1 Å². The highest BCUT2D eigenvalue weighted by Gasteiger charge is 2.47. The Bertz CT molecular complexity index is 773. The molecule has 4 rings (SSSR count). The average molecular weight is 370 g/mol. The number of nitrogens with zero attached hydrogens (tertiary/aromatic N) is 3.